The van der Waals surface area contributed by atoms with E-state index in [2.05, 4.69) is 15.9 Å². The smallest absolute Gasteiger partial charge is 0.321 e. The number of aliphatic carboxylic acids is 1. The molecule has 0 aliphatic heterocycles. The van der Waals surface area contributed by atoms with Crippen LogP contribution in [0, 0.1) is 0 Å². The first-order valence-electron chi connectivity index (χ1n) is 4.75. The molecule has 0 aliphatic carbocycles. The predicted molar refractivity (Wildman–Crippen MR) is 64.4 cm³/mol. The molecule has 0 aliphatic rings. The summed E-state index contributed by atoms with van der Waals surface area (Å²) in [6.45, 7) is 3.38. The van der Waals surface area contributed by atoms with Gasteiger partial charge in [-0.2, -0.15) is 0 Å². The second-order valence-electron chi connectivity index (χ2n) is 4.17. The Bertz CT molecular complexity index is 418. The van der Waals surface area contributed by atoms with Crippen molar-refractivity contribution in [3.8, 4) is 5.75 Å². The second kappa shape index (κ2) is 4.43. The van der Waals surface area contributed by atoms with E-state index in [0.717, 1.165) is 0 Å². The minimum Gasteiger partial charge on any atom is -0.506 e. The van der Waals surface area contributed by atoms with E-state index in [0.29, 0.717) is 10.0 Å². The van der Waals surface area contributed by atoms with E-state index in [1.54, 1.807) is 32.0 Å². The van der Waals surface area contributed by atoms with Crippen LogP contribution in [0.15, 0.2) is 22.7 Å². The Hall–Kier alpha value is -1.07. The summed E-state index contributed by atoms with van der Waals surface area (Å²) in [7, 11) is 0. The average molecular weight is 288 g/mol. The highest BCUT2D eigenvalue weighted by Crippen LogP contribution is 2.37. The molecule has 1 aromatic carbocycles. The zero-order valence-electron chi connectivity index (χ0n) is 9.07. The lowest BCUT2D eigenvalue weighted by Crippen LogP contribution is -2.46. The third-order valence-corrected chi connectivity index (χ3v) is 3.36. The molecule has 1 aromatic rings. The summed E-state index contributed by atoms with van der Waals surface area (Å²) in [5.41, 5.74) is 5.28. The Morgan fingerprint density at radius 2 is 2.06 bits per heavy atom. The maximum Gasteiger partial charge on any atom is 0.321 e. The monoisotopic (exact) mass is 287 g/mol. The van der Waals surface area contributed by atoms with E-state index < -0.39 is 17.4 Å². The van der Waals surface area contributed by atoms with E-state index in [1.165, 1.54) is 0 Å². The summed E-state index contributed by atoms with van der Waals surface area (Å²) in [4.78, 5) is 10.9. The van der Waals surface area contributed by atoms with Gasteiger partial charge in [0.15, 0.2) is 0 Å². The Morgan fingerprint density at radius 3 is 2.56 bits per heavy atom. The molecule has 5 heteroatoms. The van der Waals surface area contributed by atoms with Crippen LogP contribution in [0.5, 0.6) is 5.75 Å². The molecule has 1 unspecified atom stereocenters. The number of hydrogen-bond donors (Lipinski definition) is 3. The van der Waals surface area contributed by atoms with Gasteiger partial charge in [-0.05, 0) is 22.0 Å². The largest absolute Gasteiger partial charge is 0.506 e. The quantitative estimate of drug-likeness (QED) is 0.792. The lowest BCUT2D eigenvalue weighted by Gasteiger charge is -2.30. The maximum atomic E-state index is 10.9. The SMILES string of the molecule is CC(C)(c1cccc(Br)c1O)C(N)C(=O)O. The van der Waals surface area contributed by atoms with Crippen molar-refractivity contribution in [3.05, 3.63) is 28.2 Å². The Labute approximate surface area is 102 Å². The van der Waals surface area contributed by atoms with Gasteiger partial charge in [0.05, 0.1) is 4.47 Å². The molecule has 88 valence electrons. The fraction of sp³-hybridized carbons (Fsp3) is 0.364. The fourth-order valence-corrected chi connectivity index (χ4v) is 1.88. The molecule has 16 heavy (non-hydrogen) atoms. The number of aromatic hydroxyl groups is 1. The predicted octanol–water partition coefficient (Wildman–Crippen LogP) is 1.84. The van der Waals surface area contributed by atoms with E-state index in [1.807, 2.05) is 0 Å². The molecule has 4 nitrogen and oxygen atoms in total. The van der Waals surface area contributed by atoms with Crippen molar-refractivity contribution in [2.24, 2.45) is 5.73 Å². The fourth-order valence-electron chi connectivity index (χ4n) is 1.51. The first kappa shape index (κ1) is 13.0. The summed E-state index contributed by atoms with van der Waals surface area (Å²) < 4.78 is 0.524. The molecule has 0 radical (unpaired) electrons. The van der Waals surface area contributed by atoms with Gasteiger partial charge in [-0.1, -0.05) is 26.0 Å². The molecule has 0 aromatic heterocycles. The second-order valence-corrected chi connectivity index (χ2v) is 5.03. The van der Waals surface area contributed by atoms with E-state index >= 15 is 0 Å². The highest BCUT2D eigenvalue weighted by atomic mass is 79.9. The first-order chi connectivity index (χ1) is 7.28. The van der Waals surface area contributed by atoms with Crippen molar-refractivity contribution < 1.29 is 15.0 Å². The van der Waals surface area contributed by atoms with Crippen LogP contribution in [0.2, 0.25) is 0 Å². The number of nitrogens with two attached hydrogens (primary N) is 1. The van der Waals surface area contributed by atoms with Crippen LogP contribution in [0.4, 0.5) is 0 Å². The minimum atomic E-state index is -1.09. The van der Waals surface area contributed by atoms with Gasteiger partial charge in [-0.25, -0.2) is 0 Å². The summed E-state index contributed by atoms with van der Waals surface area (Å²) >= 11 is 3.19. The number of benzene rings is 1. The molecule has 0 saturated carbocycles. The average Bonchev–Trinajstić information content (AvgIpc) is 2.20. The highest BCUT2D eigenvalue weighted by molar-refractivity contribution is 9.10. The number of rotatable bonds is 3. The van der Waals surface area contributed by atoms with Gasteiger partial charge in [0.1, 0.15) is 11.8 Å². The van der Waals surface area contributed by atoms with Gasteiger partial charge in [0, 0.05) is 11.0 Å². The lowest BCUT2D eigenvalue weighted by molar-refractivity contribution is -0.140. The Kier molecular flexibility index (Phi) is 3.60. The lowest BCUT2D eigenvalue weighted by atomic mass is 9.77. The van der Waals surface area contributed by atoms with Crippen LogP contribution in [-0.4, -0.2) is 22.2 Å². The van der Waals surface area contributed by atoms with Gasteiger partial charge in [-0.15, -0.1) is 0 Å². The van der Waals surface area contributed by atoms with Crippen LogP contribution in [0.25, 0.3) is 0 Å². The summed E-state index contributed by atoms with van der Waals surface area (Å²) in [6, 6.07) is 4.01. The van der Waals surface area contributed by atoms with Crippen molar-refractivity contribution in [3.63, 3.8) is 0 Å². The molecule has 0 bridgehead atoms. The third kappa shape index (κ3) is 2.20. The molecule has 4 N–H and O–H groups in total. The number of phenols is 1. The van der Waals surface area contributed by atoms with Crippen LogP contribution in [-0.2, 0) is 10.2 Å². The summed E-state index contributed by atoms with van der Waals surface area (Å²) in [6.07, 6.45) is 0. The minimum absolute atomic E-state index is 0.0317. The van der Waals surface area contributed by atoms with Crippen LogP contribution in [0.1, 0.15) is 19.4 Å². The number of phenolic OH excluding ortho intramolecular Hbond substituents is 1. The third-order valence-electron chi connectivity index (χ3n) is 2.72. The van der Waals surface area contributed by atoms with Crippen molar-refractivity contribution in [2.75, 3.05) is 0 Å². The summed E-state index contributed by atoms with van der Waals surface area (Å²) in [5.74, 6) is -1.06. The number of para-hydroxylation sites is 1. The van der Waals surface area contributed by atoms with Gasteiger partial charge in [-0.3, -0.25) is 4.79 Å². The van der Waals surface area contributed by atoms with E-state index in [4.69, 9.17) is 10.8 Å². The van der Waals surface area contributed by atoms with Crippen molar-refractivity contribution in [1.82, 2.24) is 0 Å². The zero-order chi connectivity index (χ0) is 12.5. The molecule has 1 atom stereocenters. The Balaban J connectivity index is 3.26. The Morgan fingerprint density at radius 1 is 1.50 bits per heavy atom. The van der Waals surface area contributed by atoms with Crippen molar-refractivity contribution in [1.29, 1.82) is 0 Å². The van der Waals surface area contributed by atoms with Crippen LogP contribution in [0.3, 0.4) is 0 Å². The zero-order valence-corrected chi connectivity index (χ0v) is 10.7. The van der Waals surface area contributed by atoms with Gasteiger partial charge in [0.25, 0.3) is 0 Å². The molecule has 0 heterocycles. The molecule has 1 rings (SSSR count). The molecule has 0 spiro atoms. The number of carbonyl (C=O) groups is 1. The standard InChI is InChI=1S/C11H14BrNO3/c1-11(2,9(13)10(15)16)6-4-3-5-7(12)8(6)14/h3-5,9,14H,13H2,1-2H3,(H,15,16). The number of carboxylic acids is 1. The first-order valence-corrected chi connectivity index (χ1v) is 5.54. The topological polar surface area (TPSA) is 83.5 Å². The molecule has 0 saturated heterocycles. The molecular weight excluding hydrogens is 274 g/mol. The van der Waals surface area contributed by atoms with Gasteiger partial charge in [0.2, 0.25) is 0 Å². The maximum absolute atomic E-state index is 10.9. The molecule has 0 fully saturated rings. The number of halogens is 1. The summed E-state index contributed by atoms with van der Waals surface area (Å²) in [5, 5.41) is 18.8. The molecule has 0 amide bonds. The van der Waals surface area contributed by atoms with Crippen molar-refractivity contribution in [2.45, 2.75) is 25.3 Å². The van der Waals surface area contributed by atoms with Crippen LogP contribution >= 0.6 is 15.9 Å². The normalized spacial score (nSPS) is 13.5. The number of carboxylic acid groups (broad SMARTS) is 1. The van der Waals surface area contributed by atoms with E-state index in [-0.39, 0.29) is 5.75 Å². The van der Waals surface area contributed by atoms with Crippen LogP contribution < -0.4 is 5.73 Å². The van der Waals surface area contributed by atoms with E-state index in [9.17, 15) is 9.90 Å². The van der Waals surface area contributed by atoms with Crippen molar-refractivity contribution >= 4 is 21.9 Å². The molecular formula is C11H14BrNO3. The van der Waals surface area contributed by atoms with Gasteiger partial charge < -0.3 is 15.9 Å². The highest BCUT2D eigenvalue weighted by Gasteiger charge is 2.36. The number of hydrogen-bond acceptors (Lipinski definition) is 3. The van der Waals surface area contributed by atoms with Gasteiger partial charge >= 0.3 is 5.97 Å².